The Morgan fingerprint density at radius 2 is 1.84 bits per heavy atom. The first-order valence-corrected chi connectivity index (χ1v) is 8.50. The lowest BCUT2D eigenvalue weighted by atomic mass is 10.2. The lowest BCUT2D eigenvalue weighted by Crippen LogP contribution is -2.46. The van der Waals surface area contributed by atoms with E-state index in [1.54, 1.807) is 13.4 Å². The third-order valence-electron chi connectivity index (χ3n) is 4.62. The molecule has 4 rings (SSSR count). The van der Waals surface area contributed by atoms with E-state index in [4.69, 9.17) is 4.74 Å². The summed E-state index contributed by atoms with van der Waals surface area (Å²) < 4.78 is 7.05. The first-order valence-electron chi connectivity index (χ1n) is 8.50. The van der Waals surface area contributed by atoms with Gasteiger partial charge in [-0.05, 0) is 24.6 Å². The van der Waals surface area contributed by atoms with Crippen LogP contribution in [0.15, 0.2) is 36.7 Å². The van der Waals surface area contributed by atoms with Gasteiger partial charge >= 0.3 is 0 Å². The van der Waals surface area contributed by atoms with Crippen molar-refractivity contribution in [1.82, 2.24) is 24.5 Å². The van der Waals surface area contributed by atoms with Gasteiger partial charge in [0.05, 0.1) is 7.11 Å². The van der Waals surface area contributed by atoms with Crippen LogP contribution < -0.4 is 9.64 Å². The highest BCUT2D eigenvalue weighted by Crippen LogP contribution is 2.19. The van der Waals surface area contributed by atoms with E-state index in [1.807, 2.05) is 23.6 Å². The van der Waals surface area contributed by atoms with Gasteiger partial charge in [0.2, 0.25) is 0 Å². The van der Waals surface area contributed by atoms with Crippen LogP contribution in [0.25, 0.3) is 5.78 Å². The number of nitrogens with zero attached hydrogens (tertiary/aromatic N) is 6. The summed E-state index contributed by atoms with van der Waals surface area (Å²) in [6, 6.07) is 10.4. The number of hydrogen-bond donors (Lipinski definition) is 0. The molecule has 1 aliphatic rings. The molecule has 7 heteroatoms. The smallest absolute Gasteiger partial charge is 0.254 e. The summed E-state index contributed by atoms with van der Waals surface area (Å²) in [6.07, 6.45) is 1.56. The van der Waals surface area contributed by atoms with Crippen LogP contribution in [0.5, 0.6) is 5.75 Å². The molecule has 1 aromatic carbocycles. The average Bonchev–Trinajstić information content (AvgIpc) is 3.11. The zero-order chi connectivity index (χ0) is 17.2. The Morgan fingerprint density at radius 1 is 1.08 bits per heavy atom. The number of piperazine rings is 1. The number of anilines is 1. The first kappa shape index (κ1) is 15.8. The molecule has 130 valence electrons. The summed E-state index contributed by atoms with van der Waals surface area (Å²) in [5.74, 6) is 2.64. The standard InChI is InChI=1S/C18H22N6O/c1-14-11-17(24-18(21-14)19-13-20-24)23-9-7-22(8-10-23)12-15-3-5-16(25-2)6-4-15/h3-6,11,13H,7-10,12H2,1-2H3. The summed E-state index contributed by atoms with van der Waals surface area (Å²) in [7, 11) is 1.70. The molecule has 0 N–H and O–H groups in total. The topological polar surface area (TPSA) is 58.8 Å². The minimum absolute atomic E-state index is 0.663. The molecule has 1 saturated heterocycles. The zero-order valence-corrected chi connectivity index (χ0v) is 14.6. The molecule has 1 fully saturated rings. The van der Waals surface area contributed by atoms with Crippen LogP contribution in [0.1, 0.15) is 11.3 Å². The summed E-state index contributed by atoms with van der Waals surface area (Å²) >= 11 is 0. The molecule has 3 aromatic rings. The molecule has 0 spiro atoms. The molecule has 3 heterocycles. The van der Waals surface area contributed by atoms with E-state index in [2.05, 4.69) is 43.1 Å². The second-order valence-corrected chi connectivity index (χ2v) is 6.34. The van der Waals surface area contributed by atoms with Gasteiger partial charge in [-0.3, -0.25) is 4.90 Å². The normalized spacial score (nSPS) is 15.7. The summed E-state index contributed by atoms with van der Waals surface area (Å²) in [6.45, 7) is 6.93. The lowest BCUT2D eigenvalue weighted by molar-refractivity contribution is 0.249. The molecule has 0 radical (unpaired) electrons. The Balaban J connectivity index is 1.43. The predicted molar refractivity (Wildman–Crippen MR) is 96.0 cm³/mol. The molecular weight excluding hydrogens is 316 g/mol. The SMILES string of the molecule is COc1ccc(CN2CCN(c3cc(C)nc4ncnn34)CC2)cc1. The van der Waals surface area contributed by atoms with Crippen LogP contribution in [0, 0.1) is 6.92 Å². The Bertz CT molecular complexity index is 852. The van der Waals surface area contributed by atoms with Gasteiger partial charge in [0.15, 0.2) is 0 Å². The van der Waals surface area contributed by atoms with Crippen LogP contribution >= 0.6 is 0 Å². The number of rotatable bonds is 4. The minimum atomic E-state index is 0.663. The highest BCUT2D eigenvalue weighted by molar-refractivity contribution is 5.47. The number of aryl methyl sites for hydroxylation is 1. The molecule has 7 nitrogen and oxygen atoms in total. The van der Waals surface area contributed by atoms with E-state index in [1.165, 1.54) is 5.56 Å². The maximum Gasteiger partial charge on any atom is 0.254 e. The molecule has 0 saturated carbocycles. The fourth-order valence-electron chi connectivity index (χ4n) is 3.26. The predicted octanol–water partition coefficient (Wildman–Crippen LogP) is 1.76. The lowest BCUT2D eigenvalue weighted by Gasteiger charge is -2.36. The number of ether oxygens (including phenoxy) is 1. The van der Waals surface area contributed by atoms with Crippen LogP contribution in [-0.4, -0.2) is 57.8 Å². The average molecular weight is 338 g/mol. The molecule has 1 aliphatic heterocycles. The van der Waals surface area contributed by atoms with Gasteiger partial charge in [-0.25, -0.2) is 4.98 Å². The Hall–Kier alpha value is -2.67. The van der Waals surface area contributed by atoms with Gasteiger partial charge in [0.1, 0.15) is 17.9 Å². The van der Waals surface area contributed by atoms with Gasteiger partial charge in [0.25, 0.3) is 5.78 Å². The van der Waals surface area contributed by atoms with E-state index >= 15 is 0 Å². The highest BCUT2D eigenvalue weighted by atomic mass is 16.5. The number of fused-ring (bicyclic) bond motifs is 1. The van der Waals surface area contributed by atoms with Crippen LogP contribution in [-0.2, 0) is 6.54 Å². The monoisotopic (exact) mass is 338 g/mol. The van der Waals surface area contributed by atoms with Crippen molar-refractivity contribution in [3.8, 4) is 5.75 Å². The highest BCUT2D eigenvalue weighted by Gasteiger charge is 2.20. The van der Waals surface area contributed by atoms with Gasteiger partial charge in [-0.15, -0.1) is 0 Å². The molecule has 0 unspecified atom stereocenters. The summed E-state index contributed by atoms with van der Waals surface area (Å²) in [5, 5.41) is 4.31. The van der Waals surface area contributed by atoms with Crippen molar-refractivity contribution in [2.75, 3.05) is 38.2 Å². The maximum atomic E-state index is 5.22. The van der Waals surface area contributed by atoms with Crippen LogP contribution in [0.3, 0.4) is 0 Å². The van der Waals surface area contributed by atoms with Crippen molar-refractivity contribution in [3.05, 3.63) is 47.9 Å². The minimum Gasteiger partial charge on any atom is -0.497 e. The third-order valence-corrected chi connectivity index (χ3v) is 4.62. The molecule has 0 aliphatic carbocycles. The summed E-state index contributed by atoms with van der Waals surface area (Å²) in [4.78, 5) is 13.5. The molecular formula is C18H22N6O. The van der Waals surface area contributed by atoms with Gasteiger partial charge in [-0.1, -0.05) is 12.1 Å². The Morgan fingerprint density at radius 3 is 2.56 bits per heavy atom. The first-order chi connectivity index (χ1) is 12.2. The second kappa shape index (κ2) is 6.68. The maximum absolute atomic E-state index is 5.22. The van der Waals surface area contributed by atoms with Crippen molar-refractivity contribution in [2.45, 2.75) is 13.5 Å². The van der Waals surface area contributed by atoms with E-state index in [0.29, 0.717) is 5.78 Å². The van der Waals surface area contributed by atoms with E-state index in [9.17, 15) is 0 Å². The number of aromatic nitrogens is 4. The van der Waals surface area contributed by atoms with Crippen molar-refractivity contribution in [3.63, 3.8) is 0 Å². The molecule has 0 bridgehead atoms. The Kier molecular flexibility index (Phi) is 4.23. The third kappa shape index (κ3) is 3.28. The van der Waals surface area contributed by atoms with Crippen molar-refractivity contribution in [1.29, 1.82) is 0 Å². The second-order valence-electron chi connectivity index (χ2n) is 6.34. The van der Waals surface area contributed by atoms with Gasteiger partial charge in [0, 0.05) is 44.5 Å². The Labute approximate surface area is 146 Å². The summed E-state index contributed by atoms with van der Waals surface area (Å²) in [5.41, 5.74) is 2.28. The molecule has 0 atom stereocenters. The van der Waals surface area contributed by atoms with Gasteiger partial charge < -0.3 is 9.64 Å². The fourth-order valence-corrected chi connectivity index (χ4v) is 3.26. The van der Waals surface area contributed by atoms with E-state index in [0.717, 1.165) is 50.0 Å². The number of benzene rings is 1. The number of methoxy groups -OCH3 is 1. The van der Waals surface area contributed by atoms with Crippen molar-refractivity contribution in [2.24, 2.45) is 0 Å². The fraction of sp³-hybridized carbons (Fsp3) is 0.389. The van der Waals surface area contributed by atoms with E-state index < -0.39 is 0 Å². The van der Waals surface area contributed by atoms with Crippen LogP contribution in [0.2, 0.25) is 0 Å². The molecule has 0 amide bonds. The largest absolute Gasteiger partial charge is 0.497 e. The zero-order valence-electron chi connectivity index (χ0n) is 14.6. The number of hydrogen-bond acceptors (Lipinski definition) is 6. The quantitative estimate of drug-likeness (QED) is 0.722. The van der Waals surface area contributed by atoms with Crippen molar-refractivity contribution < 1.29 is 4.74 Å². The van der Waals surface area contributed by atoms with E-state index in [-0.39, 0.29) is 0 Å². The van der Waals surface area contributed by atoms with Crippen molar-refractivity contribution >= 4 is 11.6 Å². The van der Waals surface area contributed by atoms with Crippen LogP contribution in [0.4, 0.5) is 5.82 Å². The molecule has 2 aromatic heterocycles. The van der Waals surface area contributed by atoms with Gasteiger partial charge in [-0.2, -0.15) is 14.6 Å². The molecule has 25 heavy (non-hydrogen) atoms.